The van der Waals surface area contributed by atoms with Gasteiger partial charge in [0.1, 0.15) is 11.5 Å². The lowest BCUT2D eigenvalue weighted by Crippen LogP contribution is -2.19. The molecule has 0 aliphatic rings. The number of hydrogen-bond donors (Lipinski definition) is 2. The van der Waals surface area contributed by atoms with Crippen molar-refractivity contribution in [2.45, 2.75) is 6.36 Å². The summed E-state index contributed by atoms with van der Waals surface area (Å²) in [6.07, 6.45) is -4.84. The van der Waals surface area contributed by atoms with Crippen molar-refractivity contribution < 1.29 is 27.8 Å². The van der Waals surface area contributed by atoms with Crippen molar-refractivity contribution in [1.82, 2.24) is 15.5 Å². The summed E-state index contributed by atoms with van der Waals surface area (Å²) in [7, 11) is 1.42. The fourth-order valence-corrected chi connectivity index (χ4v) is 1.64. The van der Waals surface area contributed by atoms with Crippen molar-refractivity contribution in [3.8, 4) is 22.8 Å². The van der Waals surface area contributed by atoms with Crippen molar-refractivity contribution in [3.63, 3.8) is 0 Å². The maximum absolute atomic E-state index is 12.2. The molecule has 22 heavy (non-hydrogen) atoms. The van der Waals surface area contributed by atoms with Gasteiger partial charge in [0.25, 0.3) is 5.91 Å². The van der Waals surface area contributed by atoms with E-state index in [0.29, 0.717) is 0 Å². The number of ether oxygens (including phenoxy) is 1. The third-order valence-corrected chi connectivity index (χ3v) is 2.60. The molecule has 0 unspecified atom stereocenters. The first kappa shape index (κ1) is 15.5. The lowest BCUT2D eigenvalue weighted by atomic mass is 10.1. The summed E-state index contributed by atoms with van der Waals surface area (Å²) in [5.41, 5.74) is 0.129. The van der Waals surface area contributed by atoms with Gasteiger partial charge < -0.3 is 15.2 Å². The number of phenols is 1. The maximum Gasteiger partial charge on any atom is 0.573 e. The van der Waals surface area contributed by atoms with Crippen LogP contribution in [0.4, 0.5) is 13.2 Å². The molecule has 2 aromatic rings. The molecular weight excluding hydrogens is 303 g/mol. The molecule has 116 valence electrons. The molecule has 1 aromatic heterocycles. The van der Waals surface area contributed by atoms with Gasteiger partial charge in [0, 0.05) is 12.6 Å². The largest absolute Gasteiger partial charge is 0.573 e. The Morgan fingerprint density at radius 3 is 2.50 bits per heavy atom. The minimum Gasteiger partial charge on any atom is -0.507 e. The Balaban J connectivity index is 2.35. The number of halogens is 3. The molecule has 2 rings (SSSR count). The van der Waals surface area contributed by atoms with Gasteiger partial charge in [0.2, 0.25) is 0 Å². The van der Waals surface area contributed by atoms with Crippen LogP contribution in [0.5, 0.6) is 11.5 Å². The minimum absolute atomic E-state index is 0.00212. The van der Waals surface area contributed by atoms with E-state index < -0.39 is 18.0 Å². The fraction of sp³-hybridized carbons (Fsp3) is 0.154. The van der Waals surface area contributed by atoms with E-state index >= 15 is 0 Å². The molecule has 0 atom stereocenters. The maximum atomic E-state index is 12.2. The molecule has 0 saturated carbocycles. The molecule has 1 heterocycles. The Morgan fingerprint density at radius 1 is 1.23 bits per heavy atom. The highest BCUT2D eigenvalue weighted by molar-refractivity contribution is 5.92. The number of amides is 1. The number of aromatic nitrogens is 2. The summed E-state index contributed by atoms with van der Waals surface area (Å²) in [6.45, 7) is 0. The standard InChI is InChI=1S/C13H10F3N3O3/c1-17-12(21)10-4-3-9(18-19-10)8-6-7(2-5-11(8)20)22-13(14,15)16/h2-6,20H,1H3,(H,17,21). The van der Waals surface area contributed by atoms with Gasteiger partial charge >= 0.3 is 6.36 Å². The van der Waals surface area contributed by atoms with Crippen LogP contribution in [0.3, 0.4) is 0 Å². The zero-order chi connectivity index (χ0) is 16.3. The third-order valence-electron chi connectivity index (χ3n) is 2.60. The van der Waals surface area contributed by atoms with Crippen LogP contribution in [0.25, 0.3) is 11.3 Å². The molecule has 1 aromatic carbocycles. The number of benzene rings is 1. The van der Waals surface area contributed by atoms with Gasteiger partial charge in [-0.3, -0.25) is 4.79 Å². The molecule has 1 amide bonds. The van der Waals surface area contributed by atoms with E-state index in [9.17, 15) is 23.1 Å². The fourth-order valence-electron chi connectivity index (χ4n) is 1.64. The lowest BCUT2D eigenvalue weighted by molar-refractivity contribution is -0.274. The molecule has 6 nitrogen and oxygen atoms in total. The van der Waals surface area contributed by atoms with Crippen LogP contribution in [0.2, 0.25) is 0 Å². The van der Waals surface area contributed by atoms with Crippen LogP contribution in [-0.2, 0) is 0 Å². The van der Waals surface area contributed by atoms with E-state index in [2.05, 4.69) is 20.3 Å². The summed E-state index contributed by atoms with van der Waals surface area (Å²) in [6, 6.07) is 5.68. The van der Waals surface area contributed by atoms with E-state index in [1.807, 2.05) is 0 Å². The molecule has 0 bridgehead atoms. The van der Waals surface area contributed by atoms with Crippen molar-refractivity contribution in [3.05, 3.63) is 36.0 Å². The molecule has 0 radical (unpaired) electrons. The zero-order valence-electron chi connectivity index (χ0n) is 11.2. The normalized spacial score (nSPS) is 11.1. The highest BCUT2D eigenvalue weighted by Gasteiger charge is 2.31. The minimum atomic E-state index is -4.84. The van der Waals surface area contributed by atoms with Crippen LogP contribution in [0.1, 0.15) is 10.5 Å². The number of carbonyl (C=O) groups excluding carboxylic acids is 1. The number of carbonyl (C=O) groups is 1. The first-order valence-electron chi connectivity index (χ1n) is 5.95. The third kappa shape index (κ3) is 3.62. The number of hydrogen-bond acceptors (Lipinski definition) is 5. The second-order valence-corrected chi connectivity index (χ2v) is 4.11. The van der Waals surface area contributed by atoms with Crippen molar-refractivity contribution in [1.29, 1.82) is 0 Å². The highest BCUT2D eigenvalue weighted by atomic mass is 19.4. The summed E-state index contributed by atoms with van der Waals surface area (Å²) < 4.78 is 40.4. The Kier molecular flexibility index (Phi) is 4.15. The quantitative estimate of drug-likeness (QED) is 0.906. The lowest BCUT2D eigenvalue weighted by Gasteiger charge is -2.11. The number of nitrogens with one attached hydrogen (secondary N) is 1. The number of alkyl halides is 3. The van der Waals surface area contributed by atoms with Crippen LogP contribution >= 0.6 is 0 Å². The van der Waals surface area contributed by atoms with E-state index in [0.717, 1.165) is 18.2 Å². The van der Waals surface area contributed by atoms with E-state index in [4.69, 9.17) is 0 Å². The average Bonchev–Trinajstić information content (AvgIpc) is 2.47. The highest BCUT2D eigenvalue weighted by Crippen LogP contribution is 2.33. The first-order chi connectivity index (χ1) is 10.3. The zero-order valence-corrected chi connectivity index (χ0v) is 11.2. The van der Waals surface area contributed by atoms with Gasteiger partial charge in [-0.25, -0.2) is 0 Å². The van der Waals surface area contributed by atoms with Crippen molar-refractivity contribution in [2.24, 2.45) is 0 Å². The van der Waals surface area contributed by atoms with Crippen LogP contribution in [-0.4, -0.2) is 34.6 Å². The first-order valence-corrected chi connectivity index (χ1v) is 5.95. The summed E-state index contributed by atoms with van der Waals surface area (Å²) in [4.78, 5) is 11.3. The van der Waals surface area contributed by atoms with Crippen LogP contribution < -0.4 is 10.1 Å². The monoisotopic (exact) mass is 313 g/mol. The number of aromatic hydroxyl groups is 1. The molecular formula is C13H10F3N3O3. The van der Waals surface area contributed by atoms with Gasteiger partial charge in [0.05, 0.1) is 5.69 Å². The second-order valence-electron chi connectivity index (χ2n) is 4.11. The smallest absolute Gasteiger partial charge is 0.507 e. The molecule has 0 aliphatic heterocycles. The molecule has 0 spiro atoms. The molecule has 0 fully saturated rings. The summed E-state index contributed by atoms with van der Waals surface area (Å²) >= 11 is 0. The van der Waals surface area contributed by atoms with Crippen molar-refractivity contribution >= 4 is 5.91 Å². The second kappa shape index (κ2) is 5.88. The topological polar surface area (TPSA) is 84.3 Å². The van der Waals surface area contributed by atoms with Crippen molar-refractivity contribution in [2.75, 3.05) is 7.05 Å². The van der Waals surface area contributed by atoms with Gasteiger partial charge in [-0.1, -0.05) is 0 Å². The molecule has 2 N–H and O–H groups in total. The SMILES string of the molecule is CNC(=O)c1ccc(-c2cc(OC(F)(F)F)ccc2O)nn1. The van der Waals surface area contributed by atoms with E-state index in [-0.39, 0.29) is 22.7 Å². The van der Waals surface area contributed by atoms with Gasteiger partial charge in [-0.05, 0) is 30.3 Å². The Hall–Kier alpha value is -2.84. The molecule has 0 aliphatic carbocycles. The molecule has 9 heteroatoms. The number of phenolic OH excluding ortho intramolecular Hbond substituents is 1. The number of nitrogens with zero attached hydrogens (tertiary/aromatic N) is 2. The average molecular weight is 313 g/mol. The Labute approximate surface area is 122 Å². The number of rotatable bonds is 3. The van der Waals surface area contributed by atoms with Gasteiger partial charge in [-0.2, -0.15) is 0 Å². The molecule has 0 saturated heterocycles. The van der Waals surface area contributed by atoms with Gasteiger partial charge in [0.15, 0.2) is 5.69 Å². The predicted molar refractivity (Wildman–Crippen MR) is 69.2 cm³/mol. The predicted octanol–water partition coefficient (Wildman–Crippen LogP) is 2.11. The summed E-state index contributed by atoms with van der Waals surface area (Å²) in [5.74, 6) is -1.26. The Morgan fingerprint density at radius 2 is 1.95 bits per heavy atom. The van der Waals surface area contributed by atoms with E-state index in [1.54, 1.807) is 0 Å². The van der Waals surface area contributed by atoms with Crippen LogP contribution in [0.15, 0.2) is 30.3 Å². The van der Waals surface area contributed by atoms with Crippen LogP contribution in [0, 0.1) is 0 Å². The van der Waals surface area contributed by atoms with Gasteiger partial charge in [-0.15, -0.1) is 23.4 Å². The Bertz CT molecular complexity index is 687. The summed E-state index contributed by atoms with van der Waals surface area (Å²) in [5, 5.41) is 19.4. The van der Waals surface area contributed by atoms with E-state index in [1.165, 1.54) is 19.2 Å².